The molecule has 6 heteroatoms. The maximum absolute atomic E-state index is 12.4. The van der Waals surface area contributed by atoms with Gasteiger partial charge >= 0.3 is 0 Å². The fourth-order valence-electron chi connectivity index (χ4n) is 1.16. The van der Waals surface area contributed by atoms with Gasteiger partial charge in [0.15, 0.2) is 0 Å². The molecule has 1 aromatic rings. The number of aromatic nitrogens is 1. The average molecular weight is 232 g/mol. The normalized spacial score (nSPS) is 10.4. The quantitative estimate of drug-likeness (QED) is 0.867. The van der Waals surface area contributed by atoms with E-state index >= 15 is 0 Å². The molecule has 0 aromatic carbocycles. The minimum absolute atomic E-state index is 0.0758. The molecular weight excluding hydrogens is 224 g/mol. The van der Waals surface area contributed by atoms with Crippen LogP contribution in [0.4, 0.5) is 8.78 Å². The van der Waals surface area contributed by atoms with Crippen LogP contribution >= 0.6 is 11.6 Å². The van der Waals surface area contributed by atoms with Crippen LogP contribution in [-0.2, 0) is 13.0 Å². The van der Waals surface area contributed by atoms with E-state index in [1.54, 1.807) is 0 Å². The molecule has 0 bridgehead atoms. The van der Waals surface area contributed by atoms with Crippen molar-refractivity contribution in [1.29, 1.82) is 5.26 Å². The van der Waals surface area contributed by atoms with Gasteiger partial charge in [-0.1, -0.05) is 11.6 Å². The second-order valence-corrected chi connectivity index (χ2v) is 3.20. The molecule has 0 aliphatic heterocycles. The van der Waals surface area contributed by atoms with E-state index in [4.69, 9.17) is 22.6 Å². The van der Waals surface area contributed by atoms with Gasteiger partial charge in [-0.3, -0.25) is 4.98 Å². The van der Waals surface area contributed by atoms with Crippen LogP contribution in [0.1, 0.15) is 23.4 Å². The highest BCUT2D eigenvalue weighted by molar-refractivity contribution is 6.31. The maximum Gasteiger partial charge on any atom is 0.280 e. The smallest absolute Gasteiger partial charge is 0.280 e. The van der Waals surface area contributed by atoms with Crippen LogP contribution in [0.3, 0.4) is 0 Å². The number of pyridine rings is 1. The molecule has 1 heterocycles. The summed E-state index contributed by atoms with van der Waals surface area (Å²) in [6, 6.07) is 2.91. The van der Waals surface area contributed by atoms with Crippen LogP contribution < -0.4 is 5.73 Å². The summed E-state index contributed by atoms with van der Waals surface area (Å²) in [5, 5.41) is 8.63. The highest BCUT2D eigenvalue weighted by Crippen LogP contribution is 2.25. The Hall–Kier alpha value is -1.25. The van der Waals surface area contributed by atoms with E-state index in [0.717, 1.165) is 6.07 Å². The van der Waals surface area contributed by atoms with Crippen LogP contribution in [0.2, 0.25) is 5.02 Å². The molecule has 0 fully saturated rings. The lowest BCUT2D eigenvalue weighted by molar-refractivity contribution is 0.146. The van der Waals surface area contributed by atoms with Gasteiger partial charge in [0.2, 0.25) is 0 Å². The summed E-state index contributed by atoms with van der Waals surface area (Å²) in [7, 11) is 0. The molecule has 0 aliphatic carbocycles. The zero-order valence-electron chi connectivity index (χ0n) is 7.67. The molecule has 0 atom stereocenters. The van der Waals surface area contributed by atoms with Gasteiger partial charge < -0.3 is 5.73 Å². The standard InChI is InChI=1S/C9H8ClF2N3/c10-6-3-8(9(11)12)15-7(1-2-13)5(6)4-14/h3,9H,1,4,14H2. The van der Waals surface area contributed by atoms with Crippen molar-refractivity contribution >= 4 is 11.6 Å². The lowest BCUT2D eigenvalue weighted by atomic mass is 10.1. The van der Waals surface area contributed by atoms with Gasteiger partial charge in [0, 0.05) is 17.1 Å². The Morgan fingerprint density at radius 1 is 1.60 bits per heavy atom. The fourth-order valence-corrected chi connectivity index (χ4v) is 1.46. The van der Waals surface area contributed by atoms with Gasteiger partial charge in [-0.25, -0.2) is 8.78 Å². The Bertz CT molecular complexity index is 401. The summed E-state index contributed by atoms with van der Waals surface area (Å²) in [6.07, 6.45) is -2.78. The molecule has 1 rings (SSSR count). The summed E-state index contributed by atoms with van der Waals surface area (Å²) in [5.41, 5.74) is 5.63. The number of nitrogens with two attached hydrogens (primary N) is 1. The monoisotopic (exact) mass is 231 g/mol. The maximum atomic E-state index is 12.4. The van der Waals surface area contributed by atoms with Crippen molar-refractivity contribution in [2.24, 2.45) is 5.73 Å². The van der Waals surface area contributed by atoms with Gasteiger partial charge in [-0.2, -0.15) is 5.26 Å². The van der Waals surface area contributed by atoms with Crippen LogP contribution in [0.25, 0.3) is 0 Å². The summed E-state index contributed by atoms with van der Waals surface area (Å²) in [5.74, 6) is 0. The van der Waals surface area contributed by atoms with E-state index in [0.29, 0.717) is 5.56 Å². The van der Waals surface area contributed by atoms with Crippen molar-refractivity contribution in [2.45, 2.75) is 19.4 Å². The van der Waals surface area contributed by atoms with Crippen molar-refractivity contribution in [3.63, 3.8) is 0 Å². The van der Waals surface area contributed by atoms with Crippen molar-refractivity contribution in [2.75, 3.05) is 0 Å². The number of nitriles is 1. The SMILES string of the molecule is N#CCc1nc(C(F)F)cc(Cl)c1CN. The third kappa shape index (κ3) is 2.61. The highest BCUT2D eigenvalue weighted by Gasteiger charge is 2.15. The summed E-state index contributed by atoms with van der Waals surface area (Å²) < 4.78 is 24.7. The van der Waals surface area contributed by atoms with Crippen molar-refractivity contribution in [3.05, 3.63) is 28.0 Å². The van der Waals surface area contributed by atoms with Gasteiger partial charge in [0.25, 0.3) is 6.43 Å². The predicted octanol–water partition coefficient (Wildman–Crippen LogP) is 2.20. The number of hydrogen-bond acceptors (Lipinski definition) is 3. The molecule has 80 valence electrons. The topological polar surface area (TPSA) is 62.7 Å². The Labute approximate surface area is 90.5 Å². The zero-order valence-corrected chi connectivity index (χ0v) is 8.43. The molecule has 1 aromatic heterocycles. The first-order valence-electron chi connectivity index (χ1n) is 4.13. The second kappa shape index (κ2) is 5.01. The molecule has 0 saturated heterocycles. The largest absolute Gasteiger partial charge is 0.326 e. The Morgan fingerprint density at radius 2 is 2.27 bits per heavy atom. The Kier molecular flexibility index (Phi) is 3.95. The van der Waals surface area contributed by atoms with E-state index < -0.39 is 12.1 Å². The minimum atomic E-state index is -2.70. The summed E-state index contributed by atoms with van der Waals surface area (Å²) in [4.78, 5) is 3.66. The molecule has 0 amide bonds. The molecule has 0 saturated carbocycles. The first-order chi connectivity index (χ1) is 7.10. The molecule has 0 aliphatic rings. The van der Waals surface area contributed by atoms with E-state index in [1.807, 2.05) is 6.07 Å². The van der Waals surface area contributed by atoms with Gasteiger partial charge in [0.05, 0.1) is 18.2 Å². The second-order valence-electron chi connectivity index (χ2n) is 2.79. The van der Waals surface area contributed by atoms with Crippen molar-refractivity contribution in [3.8, 4) is 6.07 Å². The van der Waals surface area contributed by atoms with Gasteiger partial charge in [-0.15, -0.1) is 0 Å². The third-order valence-electron chi connectivity index (χ3n) is 1.85. The number of hydrogen-bond donors (Lipinski definition) is 1. The molecule has 0 radical (unpaired) electrons. The number of halogens is 3. The molecule has 0 spiro atoms. The molecular formula is C9H8ClF2N3. The van der Waals surface area contributed by atoms with E-state index in [-0.39, 0.29) is 23.7 Å². The minimum Gasteiger partial charge on any atom is -0.326 e. The van der Waals surface area contributed by atoms with Gasteiger partial charge in [-0.05, 0) is 6.07 Å². The molecule has 2 N–H and O–H groups in total. The van der Waals surface area contributed by atoms with Crippen LogP contribution in [-0.4, -0.2) is 4.98 Å². The first-order valence-corrected chi connectivity index (χ1v) is 4.51. The van der Waals surface area contributed by atoms with E-state index in [9.17, 15) is 8.78 Å². The zero-order chi connectivity index (χ0) is 11.4. The van der Waals surface area contributed by atoms with Crippen LogP contribution in [0.15, 0.2) is 6.07 Å². The van der Waals surface area contributed by atoms with Gasteiger partial charge in [0.1, 0.15) is 5.69 Å². The molecule has 0 unspecified atom stereocenters. The Balaban J connectivity index is 3.26. The lowest BCUT2D eigenvalue weighted by Crippen LogP contribution is -2.07. The van der Waals surface area contributed by atoms with Crippen molar-refractivity contribution in [1.82, 2.24) is 4.98 Å². The fraction of sp³-hybridized carbons (Fsp3) is 0.333. The Morgan fingerprint density at radius 3 is 2.73 bits per heavy atom. The third-order valence-corrected chi connectivity index (χ3v) is 2.19. The predicted molar refractivity (Wildman–Crippen MR) is 51.4 cm³/mol. The van der Waals surface area contributed by atoms with E-state index in [1.165, 1.54) is 0 Å². The van der Waals surface area contributed by atoms with Crippen molar-refractivity contribution < 1.29 is 8.78 Å². The lowest BCUT2D eigenvalue weighted by Gasteiger charge is -2.08. The summed E-state index contributed by atoms with van der Waals surface area (Å²) in [6.45, 7) is 0.0758. The number of alkyl halides is 2. The van der Waals surface area contributed by atoms with Crippen LogP contribution in [0.5, 0.6) is 0 Å². The van der Waals surface area contributed by atoms with Crippen LogP contribution in [0, 0.1) is 11.3 Å². The number of rotatable bonds is 3. The number of nitrogens with zero attached hydrogens (tertiary/aromatic N) is 2. The highest BCUT2D eigenvalue weighted by atomic mass is 35.5. The molecule has 3 nitrogen and oxygen atoms in total. The summed E-state index contributed by atoms with van der Waals surface area (Å²) >= 11 is 5.75. The average Bonchev–Trinajstić information content (AvgIpc) is 2.17. The van der Waals surface area contributed by atoms with E-state index in [2.05, 4.69) is 4.98 Å². The molecule has 15 heavy (non-hydrogen) atoms. The first kappa shape index (κ1) is 11.8.